The first kappa shape index (κ1) is 28.1. The van der Waals surface area contributed by atoms with Gasteiger partial charge in [-0.1, -0.05) is 71.8 Å². The number of carbonyl (C=O) groups excluding carboxylic acids is 1. The molecule has 8 heteroatoms. The van der Waals surface area contributed by atoms with Crippen molar-refractivity contribution in [2.45, 2.75) is 11.8 Å². The highest BCUT2D eigenvalue weighted by atomic mass is 35.5. The number of hydrogen-bond acceptors (Lipinski definition) is 4. The molecule has 5 aromatic carbocycles. The highest BCUT2D eigenvalue weighted by Crippen LogP contribution is 2.46. The maximum atomic E-state index is 14.8. The van der Waals surface area contributed by atoms with Gasteiger partial charge in [0.25, 0.3) is 0 Å². The minimum atomic E-state index is -0.895. The first-order chi connectivity index (χ1) is 20.9. The third-order valence-corrected chi connectivity index (χ3v) is 8.52. The molecular weight excluding hydrogens is 581 g/mol. The Bertz CT molecular complexity index is 2100. The van der Waals surface area contributed by atoms with Crippen LogP contribution in [0.15, 0.2) is 119 Å². The van der Waals surface area contributed by atoms with E-state index in [0.717, 1.165) is 38.4 Å². The van der Waals surface area contributed by atoms with Gasteiger partial charge in [0.1, 0.15) is 5.82 Å². The van der Waals surface area contributed by atoms with E-state index in [4.69, 9.17) is 11.6 Å². The van der Waals surface area contributed by atoms with Crippen molar-refractivity contribution in [3.63, 3.8) is 0 Å². The minimum absolute atomic E-state index is 0.104. The van der Waals surface area contributed by atoms with Gasteiger partial charge in [0.2, 0.25) is 0 Å². The number of nitrogens with zero attached hydrogens (tertiary/aromatic N) is 3. The van der Waals surface area contributed by atoms with E-state index in [9.17, 15) is 19.4 Å². The van der Waals surface area contributed by atoms with Crippen LogP contribution < -0.4 is 0 Å². The molecule has 0 fully saturated rings. The smallest absolute Gasteiger partial charge is 0.279 e. The number of halogens is 2. The molecule has 1 aromatic heterocycles. The second-order valence-electron chi connectivity index (χ2n) is 9.91. The number of fused-ring (bicyclic) bond motifs is 1. The van der Waals surface area contributed by atoms with E-state index >= 15 is 0 Å². The second-order valence-corrected chi connectivity index (χ2v) is 11.3. The third kappa shape index (κ3) is 5.35. The molecule has 1 heterocycles. The molecule has 0 aliphatic heterocycles. The molecule has 0 bridgehead atoms. The highest BCUT2D eigenvalue weighted by molar-refractivity contribution is 7.98. The largest absolute Gasteiger partial charge is 0.316 e. The van der Waals surface area contributed by atoms with E-state index < -0.39 is 5.91 Å². The molecule has 0 N–H and O–H groups in total. The number of amides is 1. The molecule has 6 aromatic rings. The van der Waals surface area contributed by atoms with Gasteiger partial charge in [-0.25, -0.2) is 4.39 Å². The third-order valence-electron chi connectivity index (χ3n) is 7.17. The topological polar surface area (TPSA) is 75.2 Å². The lowest BCUT2D eigenvalue weighted by Crippen LogP contribution is -1.95. The number of aryl methyl sites for hydroxylation is 1. The van der Waals surface area contributed by atoms with E-state index in [1.165, 1.54) is 36.2 Å². The van der Waals surface area contributed by atoms with Gasteiger partial charge in [0.15, 0.2) is 0 Å². The molecule has 0 saturated heterocycles. The number of carbonyl (C=O) groups is 1. The van der Waals surface area contributed by atoms with Crippen LogP contribution in [0.3, 0.4) is 0 Å². The number of rotatable bonds is 6. The summed E-state index contributed by atoms with van der Waals surface area (Å²) in [6, 6.07) is 34.8. The van der Waals surface area contributed by atoms with Crippen LogP contribution in [0.1, 0.15) is 21.5 Å². The van der Waals surface area contributed by atoms with Gasteiger partial charge in [-0.2, -0.15) is 5.26 Å². The number of benzene rings is 5. The lowest BCUT2D eigenvalue weighted by atomic mass is 9.93. The van der Waals surface area contributed by atoms with Crippen LogP contribution in [-0.4, -0.2) is 9.88 Å². The van der Waals surface area contributed by atoms with Crippen molar-refractivity contribution < 1.29 is 9.18 Å². The molecule has 0 spiro atoms. The molecule has 1 amide bonds. The zero-order valence-electron chi connectivity index (χ0n) is 22.7. The fraction of sp³-hybridized carbons (Fsp3) is 0.0286. The van der Waals surface area contributed by atoms with E-state index in [1.54, 1.807) is 24.3 Å². The standard InChI is InChI=1S/C35H21ClFN3O2S/c1-21-9-13-27(14-10-21)43-40-32-16-12-26(37)19-30(32)33(29-8-3-2-5-25(29)20-38)34(40)23-7-4-6-22(17-23)28-15-11-24(18-31(28)36)35(41)39-42/h2-19H,1H3. The molecule has 0 aliphatic rings. The monoisotopic (exact) mass is 601 g/mol. The number of hydrogen-bond donors (Lipinski definition) is 0. The van der Waals surface area contributed by atoms with E-state index in [0.29, 0.717) is 27.1 Å². The van der Waals surface area contributed by atoms with Crippen molar-refractivity contribution in [3.05, 3.63) is 142 Å². The van der Waals surface area contributed by atoms with Crippen molar-refractivity contribution in [3.8, 4) is 39.6 Å². The molecule has 0 radical (unpaired) electrons. The summed E-state index contributed by atoms with van der Waals surface area (Å²) in [5, 5.41) is 13.5. The van der Waals surface area contributed by atoms with Crippen LogP contribution in [-0.2, 0) is 0 Å². The SMILES string of the molecule is Cc1ccc(Sn2c(-c3cccc(-c4ccc(C(=O)N=O)cc4Cl)c3)c(-c3ccccc3C#N)c3cc(F)ccc32)cc1. The van der Waals surface area contributed by atoms with Crippen molar-refractivity contribution >= 4 is 40.4 Å². The Morgan fingerprint density at radius 3 is 2.40 bits per heavy atom. The summed E-state index contributed by atoms with van der Waals surface area (Å²) < 4.78 is 16.9. The average Bonchev–Trinajstić information content (AvgIpc) is 3.34. The van der Waals surface area contributed by atoms with E-state index in [2.05, 4.69) is 15.2 Å². The maximum Gasteiger partial charge on any atom is 0.316 e. The second kappa shape index (κ2) is 11.7. The Hall–Kier alpha value is -5.03. The van der Waals surface area contributed by atoms with Gasteiger partial charge < -0.3 is 0 Å². The summed E-state index contributed by atoms with van der Waals surface area (Å²) in [6.45, 7) is 2.03. The molecule has 0 unspecified atom stereocenters. The number of aromatic nitrogens is 1. The van der Waals surface area contributed by atoms with Gasteiger partial charge in [0.05, 0.1) is 22.8 Å². The summed E-state index contributed by atoms with van der Waals surface area (Å²) in [5.41, 5.74) is 6.92. The predicted octanol–water partition coefficient (Wildman–Crippen LogP) is 10.1. The summed E-state index contributed by atoms with van der Waals surface area (Å²) in [7, 11) is 0. The summed E-state index contributed by atoms with van der Waals surface area (Å²) in [6.07, 6.45) is 0. The van der Waals surface area contributed by atoms with Gasteiger partial charge in [-0.3, -0.25) is 8.77 Å². The fourth-order valence-electron chi connectivity index (χ4n) is 5.14. The Kier molecular flexibility index (Phi) is 7.64. The lowest BCUT2D eigenvalue weighted by Gasteiger charge is -2.15. The number of nitriles is 1. The molecule has 208 valence electrons. The molecule has 0 saturated carbocycles. The minimum Gasteiger partial charge on any atom is -0.279 e. The summed E-state index contributed by atoms with van der Waals surface area (Å²) in [4.78, 5) is 23.5. The molecule has 0 aliphatic carbocycles. The fourth-order valence-corrected chi connectivity index (χ4v) is 6.44. The van der Waals surface area contributed by atoms with Crippen LogP contribution in [0.2, 0.25) is 5.02 Å². The maximum absolute atomic E-state index is 14.8. The first-order valence-electron chi connectivity index (χ1n) is 13.2. The molecule has 0 atom stereocenters. The molecule has 6 rings (SSSR count). The van der Waals surface area contributed by atoms with Crippen molar-refractivity contribution in [1.82, 2.24) is 3.97 Å². The zero-order valence-corrected chi connectivity index (χ0v) is 24.3. The molecular formula is C35H21ClFN3O2S. The van der Waals surface area contributed by atoms with Gasteiger partial charge in [-0.15, -0.1) is 4.91 Å². The summed E-state index contributed by atoms with van der Waals surface area (Å²) in [5.74, 6) is -1.28. The summed E-state index contributed by atoms with van der Waals surface area (Å²) >= 11 is 8.08. The van der Waals surface area contributed by atoms with Crippen LogP contribution in [0.5, 0.6) is 0 Å². The van der Waals surface area contributed by atoms with E-state index in [1.807, 2.05) is 67.6 Å². The Labute approximate surface area is 256 Å². The van der Waals surface area contributed by atoms with Gasteiger partial charge >= 0.3 is 5.91 Å². The van der Waals surface area contributed by atoms with Crippen molar-refractivity contribution in [2.75, 3.05) is 0 Å². The van der Waals surface area contributed by atoms with Gasteiger partial charge in [0, 0.05) is 48.3 Å². The van der Waals surface area contributed by atoms with Crippen LogP contribution in [0, 0.1) is 29.0 Å². The van der Waals surface area contributed by atoms with Gasteiger partial charge in [-0.05, 0) is 79.0 Å². The molecule has 5 nitrogen and oxygen atoms in total. The first-order valence-corrected chi connectivity index (χ1v) is 14.4. The van der Waals surface area contributed by atoms with Crippen LogP contribution in [0.25, 0.3) is 44.4 Å². The van der Waals surface area contributed by atoms with Crippen LogP contribution in [0.4, 0.5) is 4.39 Å². The Balaban J connectivity index is 1.64. The zero-order chi connectivity index (χ0) is 30.1. The number of nitroso groups, excluding NO2 is 1. The van der Waals surface area contributed by atoms with E-state index in [-0.39, 0.29) is 11.4 Å². The average molecular weight is 602 g/mol. The Morgan fingerprint density at radius 1 is 0.884 bits per heavy atom. The predicted molar refractivity (Wildman–Crippen MR) is 170 cm³/mol. The quantitative estimate of drug-likeness (QED) is 0.178. The molecule has 43 heavy (non-hydrogen) atoms. The van der Waals surface area contributed by atoms with Crippen LogP contribution >= 0.6 is 23.5 Å². The highest BCUT2D eigenvalue weighted by Gasteiger charge is 2.24. The van der Waals surface area contributed by atoms with Crippen molar-refractivity contribution in [2.24, 2.45) is 5.18 Å². The normalized spacial score (nSPS) is 10.9. The lowest BCUT2D eigenvalue weighted by molar-refractivity contribution is 0.100. The Morgan fingerprint density at radius 2 is 1.65 bits per heavy atom. The van der Waals surface area contributed by atoms with Crippen molar-refractivity contribution in [1.29, 1.82) is 5.26 Å².